The quantitative estimate of drug-likeness (QED) is 0.660. The minimum absolute atomic E-state index is 0.0242. The van der Waals surface area contributed by atoms with Gasteiger partial charge in [0, 0.05) is 17.8 Å². The van der Waals surface area contributed by atoms with E-state index in [0.717, 1.165) is 6.42 Å². The van der Waals surface area contributed by atoms with Gasteiger partial charge in [-0.3, -0.25) is 9.59 Å². The molecule has 112 valence electrons. The number of rotatable bonds is 5. The Labute approximate surface area is 121 Å². The molecule has 0 unspecified atom stereocenters. The number of nitrogens with one attached hydrogen (secondary N) is 2. The first-order chi connectivity index (χ1) is 9.91. The van der Waals surface area contributed by atoms with Gasteiger partial charge in [-0.25, -0.2) is 4.79 Å². The van der Waals surface area contributed by atoms with Crippen molar-refractivity contribution in [2.45, 2.75) is 25.7 Å². The van der Waals surface area contributed by atoms with Crippen LogP contribution in [0.3, 0.4) is 0 Å². The summed E-state index contributed by atoms with van der Waals surface area (Å²) < 4.78 is 0. The van der Waals surface area contributed by atoms with Gasteiger partial charge in [0.15, 0.2) is 0 Å². The van der Waals surface area contributed by atoms with Crippen LogP contribution in [0.5, 0.6) is 0 Å². The third-order valence-electron chi connectivity index (χ3n) is 3.70. The number of carbonyl (C=O) groups excluding carboxylic acids is 2. The first-order valence-electron chi connectivity index (χ1n) is 6.61. The Morgan fingerprint density at radius 2 is 1.62 bits per heavy atom. The van der Waals surface area contributed by atoms with E-state index in [4.69, 9.17) is 5.73 Å². The summed E-state index contributed by atoms with van der Waals surface area (Å²) in [6.07, 6.45) is 1.89. The average molecular weight is 291 g/mol. The van der Waals surface area contributed by atoms with Crippen molar-refractivity contribution in [1.82, 2.24) is 0 Å². The Hall–Kier alpha value is -2.57. The normalized spacial score (nSPS) is 15.6. The molecule has 0 aromatic heterocycles. The number of urea groups is 1. The van der Waals surface area contributed by atoms with E-state index in [-0.39, 0.29) is 12.3 Å². The second kappa shape index (κ2) is 5.82. The Morgan fingerprint density at radius 3 is 2.00 bits per heavy atom. The molecule has 0 heterocycles. The minimum Gasteiger partial charge on any atom is -0.481 e. The molecule has 0 radical (unpaired) electrons. The van der Waals surface area contributed by atoms with E-state index in [1.165, 1.54) is 0 Å². The summed E-state index contributed by atoms with van der Waals surface area (Å²) >= 11 is 0. The van der Waals surface area contributed by atoms with Crippen molar-refractivity contribution in [3.05, 3.63) is 24.3 Å². The van der Waals surface area contributed by atoms with Crippen LogP contribution in [0.25, 0.3) is 0 Å². The van der Waals surface area contributed by atoms with Gasteiger partial charge < -0.3 is 21.5 Å². The molecule has 0 bridgehead atoms. The second-order valence-electron chi connectivity index (χ2n) is 5.23. The van der Waals surface area contributed by atoms with Crippen LogP contribution in [0.2, 0.25) is 0 Å². The molecule has 0 saturated heterocycles. The van der Waals surface area contributed by atoms with Crippen molar-refractivity contribution in [1.29, 1.82) is 0 Å². The number of anilines is 2. The van der Waals surface area contributed by atoms with Gasteiger partial charge in [0.1, 0.15) is 0 Å². The smallest absolute Gasteiger partial charge is 0.316 e. The van der Waals surface area contributed by atoms with Crippen LogP contribution in [0.1, 0.15) is 25.7 Å². The van der Waals surface area contributed by atoms with Crippen molar-refractivity contribution >= 4 is 29.3 Å². The summed E-state index contributed by atoms with van der Waals surface area (Å²) in [6, 6.07) is 5.74. The maximum atomic E-state index is 11.9. The second-order valence-corrected chi connectivity index (χ2v) is 5.23. The Kier molecular flexibility index (Phi) is 4.11. The summed E-state index contributed by atoms with van der Waals surface area (Å²) in [5.74, 6) is -1.24. The standard InChI is InChI=1S/C14H17N3O4/c15-13(21)17-10-4-2-9(3-5-10)16-11(18)8-14(12(19)20)6-1-7-14/h2-5H,1,6-8H2,(H,16,18)(H,19,20)(H3,15,17,21). The summed E-state index contributed by atoms with van der Waals surface area (Å²) in [7, 11) is 0. The zero-order valence-electron chi connectivity index (χ0n) is 11.4. The largest absolute Gasteiger partial charge is 0.481 e. The number of primary amides is 1. The lowest BCUT2D eigenvalue weighted by Crippen LogP contribution is -2.41. The van der Waals surface area contributed by atoms with E-state index in [2.05, 4.69) is 10.6 Å². The van der Waals surface area contributed by atoms with Crippen LogP contribution in [-0.4, -0.2) is 23.0 Å². The number of nitrogens with two attached hydrogens (primary N) is 1. The summed E-state index contributed by atoms with van der Waals surface area (Å²) in [6.45, 7) is 0. The van der Waals surface area contributed by atoms with Crippen LogP contribution in [0, 0.1) is 5.41 Å². The maximum Gasteiger partial charge on any atom is 0.316 e. The fraction of sp³-hybridized carbons (Fsp3) is 0.357. The van der Waals surface area contributed by atoms with Gasteiger partial charge in [-0.15, -0.1) is 0 Å². The highest BCUT2D eigenvalue weighted by molar-refractivity contribution is 5.95. The van der Waals surface area contributed by atoms with Crippen LogP contribution in [0.15, 0.2) is 24.3 Å². The SMILES string of the molecule is NC(=O)Nc1ccc(NC(=O)CC2(C(=O)O)CCC2)cc1. The summed E-state index contributed by atoms with van der Waals surface area (Å²) in [5.41, 5.74) is 5.13. The molecule has 7 heteroatoms. The van der Waals surface area contributed by atoms with Crippen LogP contribution in [0.4, 0.5) is 16.2 Å². The Morgan fingerprint density at radius 1 is 1.10 bits per heavy atom. The Bertz CT molecular complexity index is 564. The first kappa shape index (κ1) is 14.8. The number of hydrogen-bond donors (Lipinski definition) is 4. The molecule has 5 N–H and O–H groups in total. The number of hydrogen-bond acceptors (Lipinski definition) is 3. The van der Waals surface area contributed by atoms with Crippen LogP contribution >= 0.6 is 0 Å². The van der Waals surface area contributed by atoms with Crippen LogP contribution < -0.4 is 16.4 Å². The number of amides is 3. The molecular formula is C14H17N3O4. The van der Waals surface area contributed by atoms with Crippen molar-refractivity contribution in [3.63, 3.8) is 0 Å². The van der Waals surface area contributed by atoms with E-state index < -0.39 is 17.4 Å². The molecule has 2 rings (SSSR count). The number of carboxylic acids is 1. The Balaban J connectivity index is 1.93. The molecule has 0 atom stereocenters. The molecule has 1 aromatic carbocycles. The lowest BCUT2D eigenvalue weighted by Gasteiger charge is -2.36. The molecule has 1 saturated carbocycles. The number of benzene rings is 1. The fourth-order valence-corrected chi connectivity index (χ4v) is 2.36. The number of aliphatic carboxylic acids is 1. The molecule has 1 aliphatic rings. The number of carbonyl (C=O) groups is 3. The highest BCUT2D eigenvalue weighted by atomic mass is 16.4. The molecular weight excluding hydrogens is 274 g/mol. The topological polar surface area (TPSA) is 122 Å². The average Bonchev–Trinajstić information content (AvgIpc) is 2.35. The highest BCUT2D eigenvalue weighted by Gasteiger charge is 2.45. The lowest BCUT2D eigenvalue weighted by molar-refractivity contribution is -0.157. The highest BCUT2D eigenvalue weighted by Crippen LogP contribution is 2.44. The van der Waals surface area contributed by atoms with Crippen LogP contribution in [-0.2, 0) is 9.59 Å². The molecule has 0 spiro atoms. The molecule has 1 fully saturated rings. The van der Waals surface area contributed by atoms with Gasteiger partial charge in [-0.05, 0) is 37.1 Å². The molecule has 1 aromatic rings. The van der Waals surface area contributed by atoms with E-state index in [1.54, 1.807) is 24.3 Å². The zero-order valence-corrected chi connectivity index (χ0v) is 11.4. The van der Waals surface area contributed by atoms with Crippen molar-refractivity contribution in [2.75, 3.05) is 10.6 Å². The predicted octanol–water partition coefficient (Wildman–Crippen LogP) is 1.76. The summed E-state index contributed by atoms with van der Waals surface area (Å²) in [5, 5.41) is 14.2. The van der Waals surface area contributed by atoms with Gasteiger partial charge in [0.05, 0.1) is 5.41 Å². The van der Waals surface area contributed by atoms with Gasteiger partial charge in [0.2, 0.25) is 5.91 Å². The van der Waals surface area contributed by atoms with E-state index >= 15 is 0 Å². The first-order valence-corrected chi connectivity index (χ1v) is 6.61. The van der Waals surface area contributed by atoms with Crippen molar-refractivity contribution in [2.24, 2.45) is 11.1 Å². The molecule has 3 amide bonds. The van der Waals surface area contributed by atoms with E-state index in [1.807, 2.05) is 0 Å². The third kappa shape index (κ3) is 3.50. The van der Waals surface area contributed by atoms with Gasteiger partial charge in [-0.1, -0.05) is 6.42 Å². The molecule has 21 heavy (non-hydrogen) atoms. The number of carboxylic acid groups (broad SMARTS) is 1. The fourth-order valence-electron chi connectivity index (χ4n) is 2.36. The maximum absolute atomic E-state index is 11.9. The monoisotopic (exact) mass is 291 g/mol. The van der Waals surface area contributed by atoms with Gasteiger partial charge in [-0.2, -0.15) is 0 Å². The molecule has 0 aliphatic heterocycles. The summed E-state index contributed by atoms with van der Waals surface area (Å²) in [4.78, 5) is 33.8. The lowest BCUT2D eigenvalue weighted by atomic mass is 9.66. The third-order valence-corrected chi connectivity index (χ3v) is 3.70. The van der Waals surface area contributed by atoms with E-state index in [9.17, 15) is 19.5 Å². The molecule has 1 aliphatic carbocycles. The minimum atomic E-state index is -0.912. The van der Waals surface area contributed by atoms with Crippen molar-refractivity contribution < 1.29 is 19.5 Å². The van der Waals surface area contributed by atoms with Gasteiger partial charge in [0.25, 0.3) is 0 Å². The predicted molar refractivity (Wildman–Crippen MR) is 76.8 cm³/mol. The molecule has 7 nitrogen and oxygen atoms in total. The van der Waals surface area contributed by atoms with Gasteiger partial charge >= 0.3 is 12.0 Å². The van der Waals surface area contributed by atoms with Crippen molar-refractivity contribution in [3.8, 4) is 0 Å². The van der Waals surface area contributed by atoms with E-state index in [0.29, 0.717) is 24.2 Å². The zero-order chi connectivity index (χ0) is 15.5.